The average molecular weight is 385 g/mol. The molecule has 1 fully saturated rings. The molecular formula is C19H21ClN6O. The van der Waals surface area contributed by atoms with E-state index in [2.05, 4.69) is 25.5 Å². The first-order valence-corrected chi connectivity index (χ1v) is 9.44. The van der Waals surface area contributed by atoms with Gasteiger partial charge in [-0.1, -0.05) is 23.7 Å². The maximum atomic E-state index is 12.6. The molecule has 1 saturated heterocycles. The Bertz CT molecular complexity index is 954. The third kappa shape index (κ3) is 3.88. The molecule has 0 bridgehead atoms. The number of rotatable bonds is 4. The van der Waals surface area contributed by atoms with Crippen molar-refractivity contribution in [3.8, 4) is 0 Å². The molecule has 7 nitrogen and oxygen atoms in total. The molecule has 0 saturated carbocycles. The van der Waals surface area contributed by atoms with Crippen LogP contribution in [0.1, 0.15) is 24.2 Å². The van der Waals surface area contributed by atoms with Crippen LogP contribution in [0.3, 0.4) is 0 Å². The highest BCUT2D eigenvalue weighted by Crippen LogP contribution is 2.22. The fraction of sp³-hybridized carbons (Fsp3) is 0.368. The number of nitrogens with zero attached hydrogens (tertiary/aromatic N) is 5. The zero-order chi connectivity index (χ0) is 18.8. The van der Waals surface area contributed by atoms with Gasteiger partial charge in [0, 0.05) is 24.7 Å². The van der Waals surface area contributed by atoms with Crippen molar-refractivity contribution in [1.82, 2.24) is 25.1 Å². The van der Waals surface area contributed by atoms with E-state index in [1.807, 2.05) is 43.3 Å². The monoisotopic (exact) mass is 384 g/mol. The van der Waals surface area contributed by atoms with E-state index in [4.69, 9.17) is 11.6 Å². The Balaban J connectivity index is 1.41. The van der Waals surface area contributed by atoms with Crippen molar-refractivity contribution >= 4 is 29.0 Å². The highest BCUT2D eigenvalue weighted by molar-refractivity contribution is 6.30. The number of piperidine rings is 1. The summed E-state index contributed by atoms with van der Waals surface area (Å²) >= 11 is 5.90. The van der Waals surface area contributed by atoms with Gasteiger partial charge in [0.15, 0.2) is 11.5 Å². The number of fused-ring (bicyclic) bond motifs is 1. The van der Waals surface area contributed by atoms with Gasteiger partial charge in [0.2, 0.25) is 5.91 Å². The largest absolute Gasteiger partial charge is 0.354 e. The Morgan fingerprint density at radius 3 is 2.85 bits per heavy atom. The minimum atomic E-state index is -0.0504. The maximum absolute atomic E-state index is 12.6. The number of aryl methyl sites for hydroxylation is 1. The minimum absolute atomic E-state index is 0.0504. The number of amides is 1. The summed E-state index contributed by atoms with van der Waals surface area (Å²) in [7, 11) is 0. The van der Waals surface area contributed by atoms with Crippen LogP contribution in [0.15, 0.2) is 36.4 Å². The number of carbonyl (C=O) groups is 1. The number of aromatic nitrogens is 4. The first-order valence-electron chi connectivity index (χ1n) is 9.06. The van der Waals surface area contributed by atoms with E-state index in [1.54, 1.807) is 4.52 Å². The van der Waals surface area contributed by atoms with Gasteiger partial charge in [0.1, 0.15) is 5.82 Å². The molecule has 1 aliphatic rings. The number of halogens is 1. The van der Waals surface area contributed by atoms with Gasteiger partial charge >= 0.3 is 0 Å². The highest BCUT2D eigenvalue weighted by atomic mass is 35.5. The molecule has 2 aromatic heterocycles. The van der Waals surface area contributed by atoms with Crippen LogP contribution < -0.4 is 10.2 Å². The van der Waals surface area contributed by atoms with E-state index in [-0.39, 0.29) is 11.8 Å². The molecule has 1 aliphatic heterocycles. The average Bonchev–Trinajstić information content (AvgIpc) is 3.08. The van der Waals surface area contributed by atoms with Crippen LogP contribution in [0.2, 0.25) is 5.02 Å². The first-order chi connectivity index (χ1) is 13.1. The Hall–Kier alpha value is -2.67. The summed E-state index contributed by atoms with van der Waals surface area (Å²) in [6.45, 7) is 3.93. The fourth-order valence-electron chi connectivity index (χ4n) is 3.39. The van der Waals surface area contributed by atoms with Gasteiger partial charge in [-0.05, 0) is 49.6 Å². The van der Waals surface area contributed by atoms with Crippen molar-refractivity contribution in [3.05, 3.63) is 52.8 Å². The topological polar surface area (TPSA) is 75.4 Å². The van der Waals surface area contributed by atoms with E-state index in [0.717, 1.165) is 42.2 Å². The van der Waals surface area contributed by atoms with Crippen LogP contribution in [0.5, 0.6) is 0 Å². The van der Waals surface area contributed by atoms with Crippen LogP contribution in [0.4, 0.5) is 5.82 Å². The molecule has 0 aliphatic carbocycles. The SMILES string of the molecule is Cc1nnc2ccc(N3CCCC(C(=O)NCc4ccc(Cl)cc4)C3)nn12. The second-order valence-corrected chi connectivity index (χ2v) is 7.27. The number of anilines is 1. The summed E-state index contributed by atoms with van der Waals surface area (Å²) in [5, 5.41) is 16.5. The van der Waals surface area contributed by atoms with Crippen molar-refractivity contribution in [2.45, 2.75) is 26.3 Å². The van der Waals surface area contributed by atoms with Gasteiger partial charge in [-0.3, -0.25) is 4.79 Å². The van der Waals surface area contributed by atoms with Crippen molar-refractivity contribution in [2.75, 3.05) is 18.0 Å². The lowest BCUT2D eigenvalue weighted by atomic mass is 9.97. The van der Waals surface area contributed by atoms with Crippen LogP contribution >= 0.6 is 11.6 Å². The molecule has 1 aromatic carbocycles. The smallest absolute Gasteiger partial charge is 0.225 e. The summed E-state index contributed by atoms with van der Waals surface area (Å²) in [4.78, 5) is 14.8. The number of carbonyl (C=O) groups excluding carboxylic acids is 1. The van der Waals surface area contributed by atoms with Gasteiger partial charge in [-0.2, -0.15) is 4.52 Å². The van der Waals surface area contributed by atoms with Crippen molar-refractivity contribution in [1.29, 1.82) is 0 Å². The predicted octanol–water partition coefficient (Wildman–Crippen LogP) is 2.62. The van der Waals surface area contributed by atoms with Crippen LogP contribution in [-0.2, 0) is 11.3 Å². The van der Waals surface area contributed by atoms with Gasteiger partial charge < -0.3 is 10.2 Å². The second-order valence-electron chi connectivity index (χ2n) is 6.84. The molecule has 1 atom stereocenters. The van der Waals surface area contributed by atoms with Crippen molar-refractivity contribution in [2.24, 2.45) is 5.92 Å². The third-order valence-electron chi connectivity index (χ3n) is 4.90. The zero-order valence-electron chi connectivity index (χ0n) is 15.1. The molecule has 27 heavy (non-hydrogen) atoms. The number of hydrogen-bond donors (Lipinski definition) is 1. The van der Waals surface area contributed by atoms with Gasteiger partial charge in [-0.15, -0.1) is 15.3 Å². The minimum Gasteiger partial charge on any atom is -0.354 e. The molecule has 3 aromatic rings. The molecule has 1 amide bonds. The number of hydrogen-bond acceptors (Lipinski definition) is 5. The predicted molar refractivity (Wildman–Crippen MR) is 104 cm³/mol. The van der Waals surface area contributed by atoms with Crippen molar-refractivity contribution < 1.29 is 4.79 Å². The Morgan fingerprint density at radius 1 is 1.22 bits per heavy atom. The Morgan fingerprint density at radius 2 is 2.04 bits per heavy atom. The van der Waals surface area contributed by atoms with Gasteiger partial charge in [0.05, 0.1) is 5.92 Å². The van der Waals surface area contributed by atoms with E-state index < -0.39 is 0 Å². The Labute approximate surface area is 162 Å². The summed E-state index contributed by atoms with van der Waals surface area (Å²) in [6.07, 6.45) is 1.84. The molecule has 4 rings (SSSR count). The molecule has 3 heterocycles. The lowest BCUT2D eigenvalue weighted by Gasteiger charge is -2.32. The van der Waals surface area contributed by atoms with E-state index in [0.29, 0.717) is 18.1 Å². The quantitative estimate of drug-likeness (QED) is 0.748. The summed E-state index contributed by atoms with van der Waals surface area (Å²) in [5.74, 6) is 1.63. The lowest BCUT2D eigenvalue weighted by Crippen LogP contribution is -2.43. The summed E-state index contributed by atoms with van der Waals surface area (Å²) in [6, 6.07) is 11.4. The number of nitrogens with one attached hydrogen (secondary N) is 1. The molecular weight excluding hydrogens is 364 g/mol. The van der Waals surface area contributed by atoms with Crippen molar-refractivity contribution in [3.63, 3.8) is 0 Å². The number of benzene rings is 1. The van der Waals surface area contributed by atoms with E-state index >= 15 is 0 Å². The fourth-order valence-corrected chi connectivity index (χ4v) is 3.52. The third-order valence-corrected chi connectivity index (χ3v) is 5.15. The van der Waals surface area contributed by atoms with Gasteiger partial charge in [0.25, 0.3) is 0 Å². The normalized spacial score (nSPS) is 17.3. The molecule has 0 radical (unpaired) electrons. The first kappa shape index (κ1) is 17.7. The van der Waals surface area contributed by atoms with E-state index in [9.17, 15) is 4.79 Å². The summed E-state index contributed by atoms with van der Waals surface area (Å²) < 4.78 is 1.74. The lowest BCUT2D eigenvalue weighted by molar-refractivity contribution is -0.125. The molecule has 8 heteroatoms. The summed E-state index contributed by atoms with van der Waals surface area (Å²) in [5.41, 5.74) is 1.76. The zero-order valence-corrected chi connectivity index (χ0v) is 15.9. The Kier molecular flexibility index (Phi) is 4.94. The molecule has 1 N–H and O–H groups in total. The maximum Gasteiger partial charge on any atom is 0.225 e. The van der Waals surface area contributed by atoms with Crippen LogP contribution in [-0.4, -0.2) is 38.8 Å². The highest BCUT2D eigenvalue weighted by Gasteiger charge is 2.26. The molecule has 140 valence electrons. The molecule has 0 spiro atoms. The van der Waals surface area contributed by atoms with Gasteiger partial charge in [-0.25, -0.2) is 0 Å². The second kappa shape index (κ2) is 7.52. The van der Waals surface area contributed by atoms with Crippen LogP contribution in [0, 0.1) is 12.8 Å². The van der Waals surface area contributed by atoms with E-state index in [1.165, 1.54) is 0 Å². The molecule has 1 unspecified atom stereocenters. The van der Waals surface area contributed by atoms with Crippen LogP contribution in [0.25, 0.3) is 5.65 Å². The standard InChI is InChI=1S/C19H21ClN6O/c1-13-22-23-17-8-9-18(24-26(13)17)25-10-2-3-15(12-25)19(27)21-11-14-4-6-16(20)7-5-14/h4-9,15H,2-3,10-12H2,1H3,(H,21,27).